The molecule has 0 atom stereocenters. The number of H-pyrrole nitrogens is 1. The van der Waals surface area contributed by atoms with Crippen LogP contribution in [-0.4, -0.2) is 34.1 Å². The van der Waals surface area contributed by atoms with E-state index in [0.717, 1.165) is 16.9 Å². The van der Waals surface area contributed by atoms with Gasteiger partial charge in [-0.3, -0.25) is 14.7 Å². The highest BCUT2D eigenvalue weighted by Crippen LogP contribution is 2.20. The van der Waals surface area contributed by atoms with E-state index in [0.29, 0.717) is 22.9 Å². The number of hydrogen-bond donors (Lipinski definition) is 3. The number of aromatic amines is 1. The van der Waals surface area contributed by atoms with Crippen molar-refractivity contribution in [2.24, 2.45) is 0 Å². The summed E-state index contributed by atoms with van der Waals surface area (Å²) in [6, 6.07) is 15.6. The number of methoxy groups -OCH3 is 1. The lowest BCUT2D eigenvalue weighted by molar-refractivity contribution is 0.0948. The minimum atomic E-state index is -0.386. The van der Waals surface area contributed by atoms with E-state index in [1.54, 1.807) is 37.4 Å². The number of amides is 2. The molecule has 162 valence electrons. The molecule has 2 heterocycles. The fourth-order valence-corrected chi connectivity index (χ4v) is 3.00. The van der Waals surface area contributed by atoms with Crippen molar-refractivity contribution in [1.29, 1.82) is 0 Å². The zero-order valence-corrected chi connectivity index (χ0v) is 17.5. The minimum Gasteiger partial charge on any atom is -0.497 e. The van der Waals surface area contributed by atoms with Crippen molar-refractivity contribution < 1.29 is 18.7 Å². The molecular weight excluding hydrogens is 410 g/mol. The van der Waals surface area contributed by atoms with E-state index in [-0.39, 0.29) is 24.1 Å². The summed E-state index contributed by atoms with van der Waals surface area (Å²) in [7, 11) is 1.60. The van der Waals surface area contributed by atoms with Crippen LogP contribution < -0.4 is 15.4 Å². The summed E-state index contributed by atoms with van der Waals surface area (Å²) in [5, 5.41) is 12.6. The summed E-state index contributed by atoms with van der Waals surface area (Å²) in [6.45, 7) is 2.01. The number of benzene rings is 2. The highest BCUT2D eigenvalue weighted by Gasteiger charge is 2.14. The van der Waals surface area contributed by atoms with Crippen molar-refractivity contribution in [1.82, 2.24) is 20.5 Å². The topological polar surface area (TPSA) is 122 Å². The third kappa shape index (κ3) is 4.67. The van der Waals surface area contributed by atoms with E-state index in [2.05, 4.69) is 25.8 Å². The quantitative estimate of drug-likeness (QED) is 0.411. The van der Waals surface area contributed by atoms with Crippen LogP contribution in [0.4, 0.5) is 5.69 Å². The van der Waals surface area contributed by atoms with Gasteiger partial charge in [0.1, 0.15) is 11.6 Å². The molecule has 0 bridgehead atoms. The molecule has 0 saturated heterocycles. The normalized spacial score (nSPS) is 10.6. The van der Waals surface area contributed by atoms with E-state index >= 15 is 0 Å². The van der Waals surface area contributed by atoms with Gasteiger partial charge in [0.25, 0.3) is 11.8 Å². The maximum absolute atomic E-state index is 12.6. The van der Waals surface area contributed by atoms with Crippen molar-refractivity contribution in [3.63, 3.8) is 0 Å². The summed E-state index contributed by atoms with van der Waals surface area (Å²) < 4.78 is 10.3. The maximum Gasteiger partial charge on any atom is 0.291 e. The number of carbonyl (C=O) groups is 2. The van der Waals surface area contributed by atoms with Gasteiger partial charge in [0.15, 0.2) is 11.6 Å². The Bertz CT molecular complexity index is 1230. The number of aryl methyl sites for hydroxylation is 1. The summed E-state index contributed by atoms with van der Waals surface area (Å²) >= 11 is 0. The molecule has 0 fully saturated rings. The van der Waals surface area contributed by atoms with Crippen molar-refractivity contribution in [2.45, 2.75) is 13.5 Å². The van der Waals surface area contributed by atoms with Crippen molar-refractivity contribution >= 4 is 17.5 Å². The Kier molecular flexibility index (Phi) is 5.98. The van der Waals surface area contributed by atoms with Crippen LogP contribution in [-0.2, 0) is 6.54 Å². The number of aromatic nitrogens is 3. The van der Waals surface area contributed by atoms with Crippen molar-refractivity contribution in [2.75, 3.05) is 12.4 Å². The molecule has 0 spiro atoms. The number of anilines is 1. The van der Waals surface area contributed by atoms with E-state index in [4.69, 9.17) is 9.15 Å². The molecular formula is C23H21N5O4. The SMILES string of the molecule is COc1ccc(-c2n[nH]c(CNC(=O)c3ccc(C)c(NC(=O)c4ccco4)c3)n2)cc1. The molecule has 0 radical (unpaired) electrons. The average molecular weight is 431 g/mol. The van der Waals surface area contributed by atoms with Gasteiger partial charge in [0, 0.05) is 16.8 Å². The predicted molar refractivity (Wildman–Crippen MR) is 117 cm³/mol. The van der Waals surface area contributed by atoms with Gasteiger partial charge in [-0.1, -0.05) is 6.07 Å². The Labute approximate surface area is 183 Å². The lowest BCUT2D eigenvalue weighted by Gasteiger charge is -2.10. The second kappa shape index (κ2) is 9.17. The van der Waals surface area contributed by atoms with Gasteiger partial charge in [-0.2, -0.15) is 5.10 Å². The molecule has 9 nitrogen and oxygen atoms in total. The van der Waals surface area contributed by atoms with Gasteiger partial charge in [0.2, 0.25) is 0 Å². The average Bonchev–Trinajstić information content (AvgIpc) is 3.51. The lowest BCUT2D eigenvalue weighted by atomic mass is 10.1. The van der Waals surface area contributed by atoms with Gasteiger partial charge < -0.3 is 19.8 Å². The molecule has 4 aromatic rings. The van der Waals surface area contributed by atoms with Crippen LogP contribution in [0.5, 0.6) is 5.75 Å². The lowest BCUT2D eigenvalue weighted by Crippen LogP contribution is -2.23. The molecule has 0 aliphatic heterocycles. The number of nitrogens with zero attached hydrogens (tertiary/aromatic N) is 2. The number of rotatable bonds is 7. The molecule has 2 aromatic heterocycles. The number of hydrogen-bond acceptors (Lipinski definition) is 6. The standard InChI is InChI=1S/C23H21N5O4/c1-14-5-6-16(12-18(14)25-23(30)19-4-3-11-32-19)22(29)24-13-20-26-21(28-27-20)15-7-9-17(31-2)10-8-15/h3-12H,13H2,1-2H3,(H,24,29)(H,25,30)(H,26,27,28). The minimum absolute atomic E-state index is 0.171. The first kappa shape index (κ1) is 20.9. The van der Waals surface area contributed by atoms with Gasteiger partial charge in [-0.25, -0.2) is 4.98 Å². The molecule has 0 aliphatic rings. The first-order valence-corrected chi connectivity index (χ1v) is 9.83. The van der Waals surface area contributed by atoms with E-state index in [1.165, 1.54) is 6.26 Å². The summed E-state index contributed by atoms with van der Waals surface area (Å²) in [5.41, 5.74) is 2.58. The molecule has 4 rings (SSSR count). The zero-order valence-electron chi connectivity index (χ0n) is 17.5. The van der Waals surface area contributed by atoms with Crippen molar-refractivity contribution in [3.05, 3.63) is 83.6 Å². The molecule has 0 saturated carbocycles. The van der Waals surface area contributed by atoms with Crippen LogP contribution in [0, 0.1) is 6.92 Å². The number of furan rings is 1. The highest BCUT2D eigenvalue weighted by atomic mass is 16.5. The van der Waals surface area contributed by atoms with Crippen LogP contribution >= 0.6 is 0 Å². The molecule has 32 heavy (non-hydrogen) atoms. The second-order valence-electron chi connectivity index (χ2n) is 6.98. The van der Waals surface area contributed by atoms with Crippen LogP contribution in [0.3, 0.4) is 0 Å². The Morgan fingerprint density at radius 3 is 2.62 bits per heavy atom. The van der Waals surface area contributed by atoms with Crippen molar-refractivity contribution in [3.8, 4) is 17.1 Å². The summed E-state index contributed by atoms with van der Waals surface area (Å²) in [4.78, 5) is 29.3. The third-order valence-electron chi connectivity index (χ3n) is 4.79. The Balaban J connectivity index is 1.40. The molecule has 0 unspecified atom stereocenters. The molecule has 2 amide bonds. The van der Waals surface area contributed by atoms with E-state index < -0.39 is 0 Å². The molecule has 3 N–H and O–H groups in total. The third-order valence-corrected chi connectivity index (χ3v) is 4.79. The van der Waals surface area contributed by atoms with Crippen LogP contribution in [0.2, 0.25) is 0 Å². The van der Waals surface area contributed by atoms with Crippen LogP contribution in [0.1, 0.15) is 32.3 Å². The Morgan fingerprint density at radius 1 is 1.09 bits per heavy atom. The molecule has 0 aliphatic carbocycles. The predicted octanol–water partition coefficient (Wildman–Crippen LogP) is 3.56. The Hall–Kier alpha value is -4.40. The zero-order chi connectivity index (χ0) is 22.5. The second-order valence-corrected chi connectivity index (χ2v) is 6.98. The van der Waals surface area contributed by atoms with Gasteiger partial charge in [0.05, 0.1) is 19.9 Å². The number of nitrogens with one attached hydrogen (secondary N) is 3. The van der Waals surface area contributed by atoms with E-state index in [9.17, 15) is 9.59 Å². The summed E-state index contributed by atoms with van der Waals surface area (Å²) in [6.07, 6.45) is 1.43. The number of carbonyl (C=O) groups excluding carboxylic acids is 2. The first-order valence-electron chi connectivity index (χ1n) is 9.83. The van der Waals surface area contributed by atoms with Gasteiger partial charge in [-0.05, 0) is 61.0 Å². The van der Waals surface area contributed by atoms with E-state index in [1.807, 2.05) is 31.2 Å². The molecule has 2 aromatic carbocycles. The fraction of sp³-hybridized carbons (Fsp3) is 0.130. The van der Waals surface area contributed by atoms with Crippen LogP contribution in [0.15, 0.2) is 65.3 Å². The molecule has 9 heteroatoms. The maximum atomic E-state index is 12.6. The number of ether oxygens (including phenoxy) is 1. The summed E-state index contributed by atoms with van der Waals surface area (Å²) in [5.74, 6) is 1.29. The smallest absolute Gasteiger partial charge is 0.291 e. The van der Waals surface area contributed by atoms with Crippen LogP contribution in [0.25, 0.3) is 11.4 Å². The fourth-order valence-electron chi connectivity index (χ4n) is 3.00. The van der Waals surface area contributed by atoms with Gasteiger partial charge in [-0.15, -0.1) is 0 Å². The first-order chi connectivity index (χ1) is 15.5. The highest BCUT2D eigenvalue weighted by molar-refractivity contribution is 6.03. The van der Waals surface area contributed by atoms with Gasteiger partial charge >= 0.3 is 0 Å². The Morgan fingerprint density at radius 2 is 1.91 bits per heavy atom. The largest absolute Gasteiger partial charge is 0.497 e. The monoisotopic (exact) mass is 431 g/mol.